The molecule has 0 unspecified atom stereocenters. The van der Waals surface area contributed by atoms with Crippen LogP contribution in [0.5, 0.6) is 0 Å². The van der Waals surface area contributed by atoms with E-state index in [9.17, 15) is 18.0 Å². The van der Waals surface area contributed by atoms with Crippen molar-refractivity contribution in [2.24, 2.45) is 16.6 Å². The van der Waals surface area contributed by atoms with Crippen LogP contribution in [-0.4, -0.2) is 24.3 Å². The van der Waals surface area contributed by atoms with E-state index in [4.69, 9.17) is 17.3 Å². The summed E-state index contributed by atoms with van der Waals surface area (Å²) in [4.78, 5) is 15.7. The first-order chi connectivity index (χ1) is 13.1. The molecule has 28 heavy (non-hydrogen) atoms. The number of nitrogens with two attached hydrogens (primary N) is 1. The monoisotopic (exact) mass is 478 g/mol. The topological polar surface area (TPSA) is 79.5 Å². The maximum atomic E-state index is 13.5. The number of amides is 1. The highest BCUT2D eigenvalue weighted by molar-refractivity contribution is 9.10. The van der Waals surface area contributed by atoms with Gasteiger partial charge in [0, 0.05) is 17.2 Å². The molecule has 0 aromatic heterocycles. The Morgan fingerprint density at radius 2 is 2.11 bits per heavy atom. The van der Waals surface area contributed by atoms with E-state index in [2.05, 4.69) is 38.1 Å². The molecule has 1 saturated carbocycles. The van der Waals surface area contributed by atoms with Crippen molar-refractivity contribution in [3.8, 4) is 0 Å². The summed E-state index contributed by atoms with van der Waals surface area (Å²) in [5, 5.41) is 5.33. The van der Waals surface area contributed by atoms with Crippen molar-refractivity contribution in [3.05, 3.63) is 51.9 Å². The minimum atomic E-state index is -4.91. The van der Waals surface area contributed by atoms with Gasteiger partial charge in [-0.3, -0.25) is 4.79 Å². The van der Waals surface area contributed by atoms with Crippen LogP contribution in [0.15, 0.2) is 51.8 Å². The Morgan fingerprint density at radius 1 is 1.43 bits per heavy atom. The fraction of sp³-hybridized carbons (Fsp3) is 0.333. The van der Waals surface area contributed by atoms with Crippen LogP contribution >= 0.6 is 27.5 Å². The van der Waals surface area contributed by atoms with Gasteiger partial charge in [0.1, 0.15) is 5.82 Å². The highest BCUT2D eigenvalue weighted by atomic mass is 79.9. The van der Waals surface area contributed by atoms with Crippen LogP contribution in [0.2, 0.25) is 5.02 Å². The van der Waals surface area contributed by atoms with Gasteiger partial charge >= 0.3 is 6.18 Å². The molecule has 1 aliphatic carbocycles. The summed E-state index contributed by atoms with van der Waals surface area (Å²) in [5.74, 6) is -0.993. The molecule has 0 saturated heterocycles. The Morgan fingerprint density at radius 3 is 2.61 bits per heavy atom. The van der Waals surface area contributed by atoms with E-state index in [-0.39, 0.29) is 16.8 Å². The Bertz CT molecular complexity index is 820. The quantitative estimate of drug-likeness (QED) is 0.390. The molecule has 5 nitrogen and oxygen atoms in total. The van der Waals surface area contributed by atoms with Gasteiger partial charge in [-0.1, -0.05) is 40.5 Å². The Kier molecular flexibility index (Phi) is 7.54. The Labute approximate surface area is 174 Å². The zero-order chi connectivity index (χ0) is 20.9. The summed E-state index contributed by atoms with van der Waals surface area (Å²) in [6.07, 6.45) is -1.37. The maximum Gasteiger partial charge on any atom is 0.434 e. The zero-order valence-corrected chi connectivity index (χ0v) is 17.1. The maximum absolute atomic E-state index is 13.5. The van der Waals surface area contributed by atoms with Crippen molar-refractivity contribution in [1.82, 2.24) is 5.32 Å². The summed E-state index contributed by atoms with van der Waals surface area (Å²) in [6.45, 7) is 3.77. The highest BCUT2D eigenvalue weighted by Gasteiger charge is 2.40. The molecule has 1 aliphatic rings. The predicted octanol–water partition coefficient (Wildman–Crippen LogP) is 4.75. The summed E-state index contributed by atoms with van der Waals surface area (Å²) in [5.41, 5.74) is 3.42. The van der Waals surface area contributed by atoms with Gasteiger partial charge < -0.3 is 16.4 Å². The number of carbonyl (C=O) groups excluding carboxylic acids is 1. The third kappa shape index (κ3) is 6.00. The lowest BCUT2D eigenvalue weighted by Crippen LogP contribution is -2.38. The van der Waals surface area contributed by atoms with Gasteiger partial charge in [0.2, 0.25) is 0 Å². The van der Waals surface area contributed by atoms with Crippen LogP contribution < -0.4 is 16.4 Å². The van der Waals surface area contributed by atoms with E-state index < -0.39 is 23.4 Å². The number of alkyl halides is 3. The zero-order valence-electron chi connectivity index (χ0n) is 14.7. The Balaban J connectivity index is 2.20. The molecule has 152 valence electrons. The smallest absolute Gasteiger partial charge is 0.404 e. The van der Waals surface area contributed by atoms with Gasteiger partial charge in [-0.15, -0.1) is 0 Å². The SMILES string of the molecule is C=C(N=C(/C(=C\N)C(=O)NCC1CCC1)C(F)(F)F)Nc1ccc(Br)cc1Cl. The van der Waals surface area contributed by atoms with Crippen LogP contribution in [0, 0.1) is 5.92 Å². The van der Waals surface area contributed by atoms with E-state index in [1.54, 1.807) is 18.2 Å². The normalized spacial score (nSPS) is 15.8. The predicted molar refractivity (Wildman–Crippen MR) is 108 cm³/mol. The number of rotatable bonds is 7. The second-order valence-electron chi connectivity index (χ2n) is 6.24. The summed E-state index contributed by atoms with van der Waals surface area (Å²) in [6, 6.07) is 4.76. The lowest BCUT2D eigenvalue weighted by molar-refractivity contribution is -0.118. The lowest BCUT2D eigenvalue weighted by Gasteiger charge is -2.25. The van der Waals surface area contributed by atoms with Crippen molar-refractivity contribution >= 4 is 44.8 Å². The molecule has 1 fully saturated rings. The highest BCUT2D eigenvalue weighted by Crippen LogP contribution is 2.29. The molecule has 2 rings (SSSR count). The molecule has 0 aliphatic heterocycles. The number of carbonyl (C=O) groups is 1. The Hall–Kier alpha value is -2.00. The van der Waals surface area contributed by atoms with Gasteiger partial charge in [-0.2, -0.15) is 13.2 Å². The first-order valence-electron chi connectivity index (χ1n) is 8.39. The minimum absolute atomic E-state index is 0.257. The van der Waals surface area contributed by atoms with Gasteiger partial charge in [0.15, 0.2) is 5.71 Å². The number of nitrogens with zero attached hydrogens (tertiary/aromatic N) is 1. The second kappa shape index (κ2) is 9.47. The molecule has 0 radical (unpaired) electrons. The summed E-state index contributed by atoms with van der Waals surface area (Å²) >= 11 is 9.26. The van der Waals surface area contributed by atoms with Crippen LogP contribution in [-0.2, 0) is 4.79 Å². The van der Waals surface area contributed by atoms with Crippen molar-refractivity contribution in [2.75, 3.05) is 11.9 Å². The van der Waals surface area contributed by atoms with Gasteiger partial charge in [-0.05, 0) is 37.0 Å². The van der Waals surface area contributed by atoms with Crippen molar-refractivity contribution in [1.29, 1.82) is 0 Å². The number of benzene rings is 1. The van der Waals surface area contributed by atoms with Gasteiger partial charge in [-0.25, -0.2) is 4.99 Å². The van der Waals surface area contributed by atoms with Crippen LogP contribution in [0.1, 0.15) is 19.3 Å². The molecule has 0 spiro atoms. The van der Waals surface area contributed by atoms with E-state index in [1.807, 2.05) is 0 Å². The van der Waals surface area contributed by atoms with Crippen molar-refractivity contribution in [3.63, 3.8) is 0 Å². The number of hydrogen-bond acceptors (Lipinski definition) is 4. The number of aliphatic imine (C=N–C) groups is 1. The molecule has 0 bridgehead atoms. The molecule has 4 N–H and O–H groups in total. The average molecular weight is 480 g/mol. The first kappa shape index (κ1) is 22.3. The molecule has 0 heterocycles. The number of nitrogens with one attached hydrogen (secondary N) is 2. The average Bonchev–Trinajstić information content (AvgIpc) is 2.55. The largest absolute Gasteiger partial charge is 0.434 e. The standard InChI is InChI=1S/C18H19BrClF3N4O/c1-10(26-15-6-5-12(19)7-14(15)20)27-16(18(21,22)23)13(8-24)17(28)25-9-11-3-2-4-11/h5-8,11,26H,1-4,9,24H2,(H,25,28)/b13-8+,27-16?. The van der Waals surface area contributed by atoms with Crippen molar-refractivity contribution < 1.29 is 18.0 Å². The first-order valence-corrected chi connectivity index (χ1v) is 9.56. The molecular weight excluding hydrogens is 461 g/mol. The third-order valence-corrected chi connectivity index (χ3v) is 4.97. The van der Waals surface area contributed by atoms with Gasteiger partial charge in [0.05, 0.1) is 16.3 Å². The molecule has 10 heteroatoms. The van der Waals surface area contributed by atoms with E-state index in [1.165, 1.54) is 0 Å². The fourth-order valence-electron chi connectivity index (χ4n) is 2.48. The fourth-order valence-corrected chi connectivity index (χ4v) is 3.20. The summed E-state index contributed by atoms with van der Waals surface area (Å²) in [7, 11) is 0. The van der Waals surface area contributed by atoms with E-state index >= 15 is 0 Å². The van der Waals surface area contributed by atoms with Crippen molar-refractivity contribution in [2.45, 2.75) is 25.4 Å². The van der Waals surface area contributed by atoms with Gasteiger partial charge in [0.25, 0.3) is 5.91 Å². The van der Waals surface area contributed by atoms with Crippen LogP contribution in [0.25, 0.3) is 0 Å². The molecular formula is C18H19BrClF3N4O. The number of hydrogen-bond donors (Lipinski definition) is 3. The van der Waals surface area contributed by atoms with Crippen LogP contribution in [0.4, 0.5) is 18.9 Å². The third-order valence-electron chi connectivity index (χ3n) is 4.17. The molecule has 0 atom stereocenters. The number of halogens is 5. The van der Waals surface area contributed by atoms with Crippen LogP contribution in [0.3, 0.4) is 0 Å². The second-order valence-corrected chi connectivity index (χ2v) is 7.56. The molecule has 1 amide bonds. The summed E-state index contributed by atoms with van der Waals surface area (Å²) < 4.78 is 41.2. The number of anilines is 1. The molecule has 1 aromatic carbocycles. The lowest BCUT2D eigenvalue weighted by atomic mass is 9.85. The minimum Gasteiger partial charge on any atom is -0.404 e. The molecule has 1 aromatic rings. The van der Waals surface area contributed by atoms with E-state index in [0.717, 1.165) is 19.3 Å². The van der Waals surface area contributed by atoms with E-state index in [0.29, 0.717) is 22.9 Å².